The maximum absolute atomic E-state index is 13.3. The number of hydrogen-bond acceptors (Lipinski definition) is 5. The first kappa shape index (κ1) is 22.7. The Kier molecular flexibility index (Phi) is 5.56. The molecule has 0 bridgehead atoms. The van der Waals surface area contributed by atoms with Gasteiger partial charge >= 0.3 is 5.97 Å². The van der Waals surface area contributed by atoms with Crippen molar-refractivity contribution in [1.82, 2.24) is 14.1 Å². The lowest BCUT2D eigenvalue weighted by Gasteiger charge is -2.21. The zero-order valence-corrected chi connectivity index (χ0v) is 20.2. The number of aromatic nitrogens is 3. The van der Waals surface area contributed by atoms with Gasteiger partial charge in [-0.3, -0.25) is 14.2 Å². The number of para-hydroxylation sites is 2. The molecule has 184 valence electrons. The molecule has 6 rings (SSSR count). The van der Waals surface area contributed by atoms with Gasteiger partial charge in [0.15, 0.2) is 5.82 Å². The van der Waals surface area contributed by atoms with Crippen molar-refractivity contribution in [3.05, 3.63) is 94.3 Å². The minimum atomic E-state index is -0.428. The second kappa shape index (κ2) is 9.05. The highest BCUT2D eigenvalue weighted by Gasteiger charge is 2.27. The number of carbonyl (C=O) groups is 2. The van der Waals surface area contributed by atoms with Crippen LogP contribution in [-0.2, 0) is 29.0 Å². The van der Waals surface area contributed by atoms with Gasteiger partial charge in [0.2, 0.25) is 5.91 Å². The molecule has 0 saturated heterocycles. The summed E-state index contributed by atoms with van der Waals surface area (Å²) in [6.45, 7) is 0.986. The van der Waals surface area contributed by atoms with E-state index in [1.165, 1.54) is 7.11 Å². The van der Waals surface area contributed by atoms with Crippen molar-refractivity contribution in [1.29, 1.82) is 0 Å². The average Bonchev–Trinajstić information content (AvgIpc) is 3.26. The summed E-state index contributed by atoms with van der Waals surface area (Å²) in [7, 11) is 1.33. The molecule has 0 saturated carbocycles. The molecule has 8 nitrogen and oxygen atoms in total. The van der Waals surface area contributed by atoms with Crippen LogP contribution in [-0.4, -0.2) is 33.1 Å². The van der Waals surface area contributed by atoms with E-state index in [9.17, 15) is 14.4 Å². The van der Waals surface area contributed by atoms with E-state index in [0.717, 1.165) is 22.2 Å². The second-order valence-corrected chi connectivity index (χ2v) is 9.02. The number of benzene rings is 3. The molecule has 1 N–H and O–H groups in total. The molecular formula is C29H24N4O4. The van der Waals surface area contributed by atoms with Gasteiger partial charge in [-0.05, 0) is 54.4 Å². The van der Waals surface area contributed by atoms with E-state index in [1.54, 1.807) is 28.8 Å². The van der Waals surface area contributed by atoms with Crippen LogP contribution in [0.5, 0.6) is 0 Å². The first-order chi connectivity index (χ1) is 18.0. The van der Waals surface area contributed by atoms with Crippen LogP contribution in [0.25, 0.3) is 33.3 Å². The quantitative estimate of drug-likeness (QED) is 0.367. The summed E-state index contributed by atoms with van der Waals surface area (Å²) in [5, 5.41) is 4.62. The fourth-order valence-corrected chi connectivity index (χ4v) is 5.14. The molecule has 0 fully saturated rings. The van der Waals surface area contributed by atoms with Gasteiger partial charge < -0.3 is 14.6 Å². The fraction of sp³-hybridized carbons (Fsp3) is 0.172. The number of nitrogens with zero attached hydrogens (tertiary/aromatic N) is 3. The highest BCUT2D eigenvalue weighted by atomic mass is 16.5. The lowest BCUT2D eigenvalue weighted by molar-refractivity contribution is -0.116. The minimum absolute atomic E-state index is 0.0452. The summed E-state index contributed by atoms with van der Waals surface area (Å²) < 4.78 is 8.58. The van der Waals surface area contributed by atoms with E-state index in [1.807, 2.05) is 42.5 Å². The number of fused-ring (bicyclic) bond motifs is 6. The van der Waals surface area contributed by atoms with Crippen molar-refractivity contribution in [3.63, 3.8) is 0 Å². The third-order valence-corrected chi connectivity index (χ3v) is 6.89. The van der Waals surface area contributed by atoms with Gasteiger partial charge in [0, 0.05) is 36.1 Å². The Morgan fingerprint density at radius 3 is 2.49 bits per heavy atom. The van der Waals surface area contributed by atoms with Gasteiger partial charge in [0.05, 0.1) is 29.3 Å². The van der Waals surface area contributed by atoms with Crippen LogP contribution in [0.3, 0.4) is 0 Å². The number of rotatable bonds is 5. The molecule has 0 unspecified atom stereocenters. The Morgan fingerprint density at radius 1 is 0.973 bits per heavy atom. The Morgan fingerprint density at radius 2 is 1.70 bits per heavy atom. The molecule has 3 heterocycles. The second-order valence-electron chi connectivity index (χ2n) is 9.02. The van der Waals surface area contributed by atoms with E-state index in [0.29, 0.717) is 47.5 Å². The summed E-state index contributed by atoms with van der Waals surface area (Å²) in [4.78, 5) is 42.7. The lowest BCUT2D eigenvalue weighted by atomic mass is 10.0. The van der Waals surface area contributed by atoms with Crippen molar-refractivity contribution in [2.45, 2.75) is 25.9 Å². The maximum Gasteiger partial charge on any atom is 0.337 e. The molecule has 1 amide bonds. The summed E-state index contributed by atoms with van der Waals surface area (Å²) in [6, 6.07) is 22.1. The Hall–Kier alpha value is -4.72. The van der Waals surface area contributed by atoms with Crippen molar-refractivity contribution in [2.75, 3.05) is 12.4 Å². The molecule has 1 aliphatic rings. The van der Waals surface area contributed by atoms with E-state index in [4.69, 9.17) is 9.72 Å². The Labute approximate surface area is 212 Å². The summed E-state index contributed by atoms with van der Waals surface area (Å²) >= 11 is 0. The smallest absolute Gasteiger partial charge is 0.337 e. The fourth-order valence-electron chi connectivity index (χ4n) is 5.14. The van der Waals surface area contributed by atoms with Gasteiger partial charge in [-0.1, -0.05) is 30.3 Å². The first-order valence-electron chi connectivity index (χ1n) is 12.1. The molecule has 0 atom stereocenters. The van der Waals surface area contributed by atoms with Crippen LogP contribution in [0.4, 0.5) is 5.69 Å². The molecule has 1 aliphatic heterocycles. The molecule has 2 aromatic heterocycles. The van der Waals surface area contributed by atoms with E-state index in [2.05, 4.69) is 16.0 Å². The predicted molar refractivity (Wildman–Crippen MR) is 142 cm³/mol. The summed E-state index contributed by atoms with van der Waals surface area (Å²) in [5.41, 5.74) is 4.69. The van der Waals surface area contributed by atoms with Crippen molar-refractivity contribution in [2.24, 2.45) is 0 Å². The number of hydrogen-bond donors (Lipinski definition) is 1. The molecule has 8 heteroatoms. The molecule has 0 aliphatic carbocycles. The van der Waals surface area contributed by atoms with Crippen LogP contribution in [0, 0.1) is 0 Å². The molecular weight excluding hydrogens is 468 g/mol. The largest absolute Gasteiger partial charge is 0.465 e. The van der Waals surface area contributed by atoms with Crippen LogP contribution in [0.2, 0.25) is 0 Å². The van der Waals surface area contributed by atoms with Crippen LogP contribution >= 0.6 is 0 Å². The van der Waals surface area contributed by atoms with Crippen LogP contribution < -0.4 is 10.9 Å². The molecule has 0 radical (unpaired) electrons. The van der Waals surface area contributed by atoms with Crippen molar-refractivity contribution >= 4 is 39.4 Å². The van der Waals surface area contributed by atoms with Crippen LogP contribution in [0.1, 0.15) is 22.3 Å². The van der Waals surface area contributed by atoms with Gasteiger partial charge in [-0.2, -0.15) is 0 Å². The lowest BCUT2D eigenvalue weighted by Crippen LogP contribution is -2.28. The molecule has 5 aromatic rings. The molecule has 3 aromatic carbocycles. The average molecular weight is 493 g/mol. The topological polar surface area (TPSA) is 95.2 Å². The third-order valence-electron chi connectivity index (χ3n) is 6.89. The number of carbonyl (C=O) groups excluding carboxylic acids is 2. The maximum atomic E-state index is 13.3. The van der Waals surface area contributed by atoms with Gasteiger partial charge in [0.25, 0.3) is 5.56 Å². The number of aryl methyl sites for hydroxylation is 2. The zero-order chi connectivity index (χ0) is 25.5. The van der Waals surface area contributed by atoms with Gasteiger partial charge in [-0.15, -0.1) is 0 Å². The summed E-state index contributed by atoms with van der Waals surface area (Å²) in [6.07, 6.45) is 0.941. The van der Waals surface area contributed by atoms with E-state index in [-0.39, 0.29) is 17.9 Å². The summed E-state index contributed by atoms with van der Waals surface area (Å²) in [5.74, 6) is 0.0555. The number of amides is 1. The zero-order valence-electron chi connectivity index (χ0n) is 20.2. The first-order valence-corrected chi connectivity index (χ1v) is 12.1. The monoisotopic (exact) mass is 492 g/mol. The Bertz CT molecular complexity index is 1750. The van der Waals surface area contributed by atoms with Crippen molar-refractivity contribution < 1.29 is 14.3 Å². The van der Waals surface area contributed by atoms with Crippen LogP contribution in [0.15, 0.2) is 77.6 Å². The highest BCUT2D eigenvalue weighted by Crippen LogP contribution is 2.36. The highest BCUT2D eigenvalue weighted by molar-refractivity contribution is 5.94. The third kappa shape index (κ3) is 3.87. The molecule has 0 spiro atoms. The van der Waals surface area contributed by atoms with Crippen molar-refractivity contribution in [3.8, 4) is 11.5 Å². The number of methoxy groups -OCH3 is 1. The van der Waals surface area contributed by atoms with E-state index < -0.39 is 5.97 Å². The number of nitrogens with one attached hydrogen (secondary N) is 1. The number of esters is 1. The Balaban J connectivity index is 1.35. The number of anilines is 1. The van der Waals surface area contributed by atoms with E-state index >= 15 is 0 Å². The SMILES string of the molecule is COC(=O)c1ccc(NC(=O)CCn2c3c(c4ccccc42)CCn2c-3nc3ccccc3c2=O)cc1. The van der Waals surface area contributed by atoms with Gasteiger partial charge in [0.1, 0.15) is 0 Å². The van der Waals surface area contributed by atoms with Gasteiger partial charge in [-0.25, -0.2) is 9.78 Å². The number of ether oxygens (including phenoxy) is 1. The molecule has 37 heavy (non-hydrogen) atoms. The normalized spacial score (nSPS) is 12.2. The minimum Gasteiger partial charge on any atom is -0.465 e. The standard InChI is InChI=1S/C29H24N4O4/c1-37-29(36)18-10-12-19(13-11-18)30-25(34)15-17-32-24-9-5-3-6-20(24)21-14-16-33-27(26(21)32)31-23-8-4-2-7-22(23)28(33)35/h2-13H,14-17H2,1H3,(H,30,34). The predicted octanol–water partition coefficient (Wildman–Crippen LogP) is 4.39.